The molecule has 0 aliphatic carbocycles. The molecule has 1 aliphatic rings. The van der Waals surface area contributed by atoms with E-state index in [0.29, 0.717) is 11.4 Å². The number of carbonyl (C=O) groups is 2. The molecule has 5 rings (SSSR count). The monoisotopic (exact) mass is 496 g/mol. The lowest BCUT2D eigenvalue weighted by Gasteiger charge is -2.15. The van der Waals surface area contributed by atoms with Gasteiger partial charge in [0.1, 0.15) is 29.7 Å². The highest BCUT2D eigenvalue weighted by molar-refractivity contribution is 7.18. The van der Waals surface area contributed by atoms with Crippen LogP contribution < -0.4 is 10.2 Å². The second-order valence-electron chi connectivity index (χ2n) is 7.81. The molecule has 35 heavy (non-hydrogen) atoms. The SMILES string of the molecule is CC(=O)NC[C@H]1CN(c2cc(F)c(-c3ccc(-c4ccc(-c5cocn5)s4)nc3)c(F)c2)C(=O)O1. The summed E-state index contributed by atoms with van der Waals surface area (Å²) < 4.78 is 40.2. The quantitative estimate of drug-likeness (QED) is 0.409. The van der Waals surface area contributed by atoms with Crippen LogP contribution in [0.25, 0.3) is 32.3 Å². The van der Waals surface area contributed by atoms with Gasteiger partial charge in [-0.05, 0) is 30.3 Å². The van der Waals surface area contributed by atoms with Crippen LogP contribution in [0.15, 0.2) is 59.7 Å². The molecular formula is C24H18F2N4O4S. The highest BCUT2D eigenvalue weighted by Crippen LogP contribution is 2.35. The zero-order chi connectivity index (χ0) is 24.5. The summed E-state index contributed by atoms with van der Waals surface area (Å²) in [6.45, 7) is 1.52. The summed E-state index contributed by atoms with van der Waals surface area (Å²) in [7, 11) is 0. The summed E-state index contributed by atoms with van der Waals surface area (Å²) in [5, 5.41) is 2.55. The van der Waals surface area contributed by atoms with Gasteiger partial charge in [-0.2, -0.15) is 0 Å². The number of rotatable bonds is 6. The van der Waals surface area contributed by atoms with Crippen molar-refractivity contribution in [2.75, 3.05) is 18.0 Å². The summed E-state index contributed by atoms with van der Waals surface area (Å²) in [6, 6.07) is 9.23. The number of nitrogens with one attached hydrogen (secondary N) is 1. The number of ether oxygens (including phenoxy) is 1. The predicted octanol–water partition coefficient (Wildman–Crippen LogP) is 4.87. The molecular weight excluding hydrogens is 478 g/mol. The number of thiophene rings is 1. The van der Waals surface area contributed by atoms with Gasteiger partial charge in [0, 0.05) is 18.7 Å². The average Bonchev–Trinajstić information content (AvgIpc) is 3.58. The van der Waals surface area contributed by atoms with E-state index in [1.165, 1.54) is 30.9 Å². The fourth-order valence-corrected chi connectivity index (χ4v) is 4.66. The molecule has 1 fully saturated rings. The Morgan fingerprint density at radius 1 is 1.14 bits per heavy atom. The molecule has 11 heteroatoms. The maximum absolute atomic E-state index is 15.0. The molecule has 1 aliphatic heterocycles. The van der Waals surface area contributed by atoms with E-state index in [0.717, 1.165) is 26.8 Å². The van der Waals surface area contributed by atoms with Gasteiger partial charge in [-0.1, -0.05) is 6.07 Å². The number of hydrogen-bond donors (Lipinski definition) is 1. The first-order chi connectivity index (χ1) is 16.9. The van der Waals surface area contributed by atoms with Crippen molar-refractivity contribution in [2.24, 2.45) is 0 Å². The topological polar surface area (TPSA) is 97.6 Å². The Morgan fingerprint density at radius 2 is 1.89 bits per heavy atom. The molecule has 8 nitrogen and oxygen atoms in total. The van der Waals surface area contributed by atoms with Gasteiger partial charge in [0.25, 0.3) is 0 Å². The Kier molecular flexibility index (Phi) is 6.00. The number of anilines is 1. The van der Waals surface area contributed by atoms with E-state index >= 15 is 0 Å². The van der Waals surface area contributed by atoms with Crippen LogP contribution in [0.2, 0.25) is 0 Å². The number of carbonyl (C=O) groups excluding carboxylic acids is 2. The number of halogens is 2. The van der Waals surface area contributed by atoms with Gasteiger partial charge in [0.2, 0.25) is 5.91 Å². The van der Waals surface area contributed by atoms with Crippen molar-refractivity contribution in [2.45, 2.75) is 13.0 Å². The summed E-state index contributed by atoms with van der Waals surface area (Å²) >= 11 is 1.47. The molecule has 0 bridgehead atoms. The van der Waals surface area contributed by atoms with E-state index in [2.05, 4.69) is 15.3 Å². The molecule has 0 unspecified atom stereocenters. The standard InChI is InChI=1S/C24H18F2N4O4S/c1-13(31)27-9-16-10-30(24(32)34-16)15-6-17(25)23(18(26)7-15)14-2-3-19(28-8-14)21-4-5-22(35-21)20-11-33-12-29-20/h2-8,11-12,16H,9-10H2,1H3,(H,27,31)/t16-/m0/s1. The number of cyclic esters (lactones) is 1. The number of nitrogens with zero attached hydrogens (tertiary/aromatic N) is 3. The number of amides is 2. The van der Waals surface area contributed by atoms with Crippen LogP contribution in [0.5, 0.6) is 0 Å². The summed E-state index contributed by atoms with van der Waals surface area (Å²) in [4.78, 5) is 34.7. The van der Waals surface area contributed by atoms with Crippen molar-refractivity contribution in [3.63, 3.8) is 0 Å². The van der Waals surface area contributed by atoms with Crippen molar-refractivity contribution >= 4 is 29.0 Å². The molecule has 178 valence electrons. The van der Waals surface area contributed by atoms with Crippen LogP contribution >= 0.6 is 11.3 Å². The fourth-order valence-electron chi connectivity index (χ4n) is 3.72. The molecule has 2 amide bonds. The molecule has 0 spiro atoms. The highest BCUT2D eigenvalue weighted by atomic mass is 32.1. The number of hydrogen-bond acceptors (Lipinski definition) is 7. The minimum Gasteiger partial charge on any atom is -0.451 e. The van der Waals surface area contributed by atoms with E-state index in [9.17, 15) is 18.4 Å². The van der Waals surface area contributed by atoms with Gasteiger partial charge in [0.15, 0.2) is 6.39 Å². The third-order valence-corrected chi connectivity index (χ3v) is 6.52. The van der Waals surface area contributed by atoms with E-state index in [1.807, 2.05) is 12.1 Å². The first-order valence-electron chi connectivity index (χ1n) is 10.6. The third kappa shape index (κ3) is 4.62. The Morgan fingerprint density at radius 3 is 2.51 bits per heavy atom. The zero-order valence-corrected chi connectivity index (χ0v) is 19.1. The molecule has 0 radical (unpaired) electrons. The van der Waals surface area contributed by atoms with Crippen LogP contribution in [0.1, 0.15) is 6.92 Å². The first-order valence-corrected chi connectivity index (χ1v) is 11.4. The number of pyridine rings is 1. The molecule has 4 heterocycles. The largest absolute Gasteiger partial charge is 0.451 e. The van der Waals surface area contributed by atoms with E-state index in [-0.39, 0.29) is 35.8 Å². The maximum atomic E-state index is 15.0. The Bertz CT molecular complexity index is 1370. The predicted molar refractivity (Wildman–Crippen MR) is 125 cm³/mol. The molecule has 0 saturated carbocycles. The van der Waals surface area contributed by atoms with Crippen molar-refractivity contribution in [1.29, 1.82) is 0 Å². The van der Waals surface area contributed by atoms with E-state index in [4.69, 9.17) is 9.15 Å². The third-order valence-electron chi connectivity index (χ3n) is 5.39. The minimum absolute atomic E-state index is 0.0302. The second kappa shape index (κ2) is 9.26. The second-order valence-corrected chi connectivity index (χ2v) is 8.89. The lowest BCUT2D eigenvalue weighted by atomic mass is 10.0. The van der Waals surface area contributed by atoms with Gasteiger partial charge in [-0.3, -0.25) is 14.7 Å². The molecule has 1 N–H and O–H groups in total. The van der Waals surface area contributed by atoms with E-state index < -0.39 is 23.8 Å². The Labute approximate surface area is 202 Å². The molecule has 1 aromatic carbocycles. The van der Waals surface area contributed by atoms with Crippen LogP contribution in [0.3, 0.4) is 0 Å². The van der Waals surface area contributed by atoms with Crippen molar-refractivity contribution < 1.29 is 27.5 Å². The summed E-state index contributed by atoms with van der Waals surface area (Å²) in [5.74, 6) is -1.94. The Hall–Kier alpha value is -4.12. The summed E-state index contributed by atoms with van der Waals surface area (Å²) in [5.41, 5.74) is 1.41. The maximum Gasteiger partial charge on any atom is 0.414 e. The van der Waals surface area contributed by atoms with Gasteiger partial charge < -0.3 is 14.5 Å². The van der Waals surface area contributed by atoms with Crippen LogP contribution in [-0.2, 0) is 9.53 Å². The lowest BCUT2D eigenvalue weighted by Crippen LogP contribution is -2.33. The fraction of sp³-hybridized carbons (Fsp3) is 0.167. The van der Waals surface area contributed by atoms with Crippen molar-refractivity contribution in [1.82, 2.24) is 15.3 Å². The molecule has 4 aromatic rings. The van der Waals surface area contributed by atoms with E-state index in [1.54, 1.807) is 18.4 Å². The molecule has 1 atom stereocenters. The van der Waals surface area contributed by atoms with Gasteiger partial charge in [0.05, 0.1) is 39.8 Å². The lowest BCUT2D eigenvalue weighted by molar-refractivity contribution is -0.119. The molecule has 1 saturated heterocycles. The minimum atomic E-state index is -0.836. The van der Waals surface area contributed by atoms with Crippen LogP contribution in [0, 0.1) is 11.6 Å². The molecule has 3 aromatic heterocycles. The highest BCUT2D eigenvalue weighted by Gasteiger charge is 2.33. The number of aromatic nitrogens is 2. The average molecular weight is 496 g/mol. The number of benzene rings is 1. The number of oxazole rings is 1. The van der Waals surface area contributed by atoms with Crippen molar-refractivity contribution in [3.8, 4) is 32.3 Å². The van der Waals surface area contributed by atoms with Gasteiger partial charge in [-0.25, -0.2) is 18.6 Å². The van der Waals surface area contributed by atoms with Crippen LogP contribution in [-0.4, -0.2) is 41.2 Å². The zero-order valence-electron chi connectivity index (χ0n) is 18.3. The summed E-state index contributed by atoms with van der Waals surface area (Å²) in [6.07, 6.45) is 2.95. The smallest absolute Gasteiger partial charge is 0.414 e. The first kappa shape index (κ1) is 22.7. The van der Waals surface area contributed by atoms with Crippen LogP contribution in [0.4, 0.5) is 19.3 Å². The van der Waals surface area contributed by atoms with Gasteiger partial charge >= 0.3 is 6.09 Å². The van der Waals surface area contributed by atoms with Gasteiger partial charge in [-0.15, -0.1) is 11.3 Å². The Balaban J connectivity index is 1.35. The van der Waals surface area contributed by atoms with Crippen molar-refractivity contribution in [3.05, 3.63) is 66.9 Å². The normalized spacial score (nSPS) is 15.3.